The van der Waals surface area contributed by atoms with E-state index in [4.69, 9.17) is 9.16 Å². The van der Waals surface area contributed by atoms with Crippen molar-refractivity contribution in [3.8, 4) is 0 Å². The van der Waals surface area contributed by atoms with E-state index >= 15 is 0 Å². The molecule has 0 aliphatic carbocycles. The van der Waals surface area contributed by atoms with Gasteiger partial charge in [-0.1, -0.05) is 81.4 Å². The first kappa shape index (κ1) is 21.7. The Kier molecular flexibility index (Phi) is 6.93. The average molecular weight is 413 g/mol. The fourth-order valence-corrected chi connectivity index (χ4v) is 9.08. The second-order valence-electron chi connectivity index (χ2n) is 8.75. The Morgan fingerprint density at radius 3 is 2.03 bits per heavy atom. The maximum Gasteiger partial charge on any atom is 0.306 e. The van der Waals surface area contributed by atoms with Crippen molar-refractivity contribution >= 4 is 24.7 Å². The monoisotopic (exact) mass is 412 g/mol. The summed E-state index contributed by atoms with van der Waals surface area (Å²) >= 11 is 0. The first-order valence-electron chi connectivity index (χ1n) is 10.5. The van der Waals surface area contributed by atoms with Crippen molar-refractivity contribution in [2.45, 2.75) is 63.7 Å². The predicted octanol–water partition coefficient (Wildman–Crippen LogP) is 3.41. The Morgan fingerprint density at radius 2 is 1.62 bits per heavy atom. The summed E-state index contributed by atoms with van der Waals surface area (Å²) in [4.78, 5) is 11.8. The second kappa shape index (κ2) is 9.24. The SMILES string of the molecule is CC(C)(C)[Si](O[C@@H](CCCO)[C@H]1CCC(=O)O1)(c1ccccc1)c1ccccc1. The molecule has 0 unspecified atom stereocenters. The van der Waals surface area contributed by atoms with Crippen molar-refractivity contribution in [3.63, 3.8) is 0 Å². The average Bonchev–Trinajstić information content (AvgIpc) is 3.15. The van der Waals surface area contributed by atoms with E-state index in [1.54, 1.807) is 0 Å². The highest BCUT2D eigenvalue weighted by molar-refractivity contribution is 6.99. The number of aliphatic hydroxyl groups excluding tert-OH is 1. The van der Waals surface area contributed by atoms with Gasteiger partial charge < -0.3 is 14.3 Å². The lowest BCUT2D eigenvalue weighted by Gasteiger charge is -2.46. The number of carbonyl (C=O) groups excluding carboxylic acids is 1. The van der Waals surface area contributed by atoms with E-state index in [2.05, 4.69) is 69.3 Å². The third-order valence-corrected chi connectivity index (χ3v) is 10.8. The molecular formula is C24H32O4Si. The number of rotatable bonds is 8. The first-order valence-corrected chi connectivity index (χ1v) is 12.4. The number of benzene rings is 2. The summed E-state index contributed by atoms with van der Waals surface area (Å²) in [6.07, 6.45) is 1.91. The van der Waals surface area contributed by atoms with E-state index < -0.39 is 8.32 Å². The zero-order valence-corrected chi connectivity index (χ0v) is 18.6. The molecule has 1 heterocycles. The van der Waals surface area contributed by atoms with E-state index in [0.29, 0.717) is 25.7 Å². The van der Waals surface area contributed by atoms with Crippen LogP contribution in [-0.4, -0.2) is 38.2 Å². The number of ether oxygens (including phenoxy) is 1. The number of hydrogen-bond acceptors (Lipinski definition) is 4. The van der Waals surface area contributed by atoms with Gasteiger partial charge >= 0.3 is 5.97 Å². The van der Waals surface area contributed by atoms with Gasteiger partial charge in [0.05, 0.1) is 6.10 Å². The number of aliphatic hydroxyl groups is 1. The van der Waals surface area contributed by atoms with Gasteiger partial charge in [0.2, 0.25) is 0 Å². The molecule has 2 aromatic carbocycles. The smallest absolute Gasteiger partial charge is 0.306 e. The molecular weight excluding hydrogens is 380 g/mol. The van der Waals surface area contributed by atoms with Gasteiger partial charge in [0.15, 0.2) is 0 Å². The molecule has 1 saturated heterocycles. The third kappa shape index (κ3) is 4.63. The molecule has 29 heavy (non-hydrogen) atoms. The third-order valence-electron chi connectivity index (χ3n) is 5.72. The summed E-state index contributed by atoms with van der Waals surface area (Å²) in [5.74, 6) is -0.157. The normalized spacial score (nSPS) is 18.5. The molecule has 156 valence electrons. The first-order chi connectivity index (χ1) is 13.9. The van der Waals surface area contributed by atoms with Crippen LogP contribution >= 0.6 is 0 Å². The molecule has 1 fully saturated rings. The molecule has 1 aliphatic rings. The highest BCUT2D eigenvalue weighted by Gasteiger charge is 2.52. The molecule has 0 radical (unpaired) electrons. The second-order valence-corrected chi connectivity index (χ2v) is 13.0. The quantitative estimate of drug-likeness (QED) is 0.533. The van der Waals surface area contributed by atoms with Gasteiger partial charge in [0, 0.05) is 13.0 Å². The Hall–Kier alpha value is -1.95. The lowest BCUT2D eigenvalue weighted by atomic mass is 10.1. The zero-order chi connectivity index (χ0) is 20.9. The van der Waals surface area contributed by atoms with E-state index in [9.17, 15) is 9.90 Å². The van der Waals surface area contributed by atoms with Crippen LogP contribution < -0.4 is 10.4 Å². The Balaban J connectivity index is 2.11. The fraction of sp³-hybridized carbons (Fsp3) is 0.458. The van der Waals surface area contributed by atoms with E-state index in [1.165, 1.54) is 10.4 Å². The fourth-order valence-electron chi connectivity index (χ4n) is 4.34. The number of cyclic esters (lactones) is 1. The maximum absolute atomic E-state index is 11.8. The van der Waals surface area contributed by atoms with Gasteiger partial charge in [-0.2, -0.15) is 0 Å². The van der Waals surface area contributed by atoms with Gasteiger partial charge in [-0.25, -0.2) is 0 Å². The molecule has 4 nitrogen and oxygen atoms in total. The van der Waals surface area contributed by atoms with Crippen LogP contribution in [0.25, 0.3) is 0 Å². The standard InChI is InChI=1S/C24H32O4Si/c1-24(2,3)29(19-11-6-4-7-12-19,20-13-8-5-9-14-20)28-22(15-10-18-25)21-16-17-23(26)27-21/h4-9,11-14,21-22,25H,10,15-18H2,1-3H3/t21-,22+/m1/s1. The van der Waals surface area contributed by atoms with Crippen molar-refractivity contribution in [1.29, 1.82) is 0 Å². The van der Waals surface area contributed by atoms with Gasteiger partial charge in [0.1, 0.15) is 6.10 Å². The van der Waals surface area contributed by atoms with Crippen LogP contribution in [0.4, 0.5) is 0 Å². The maximum atomic E-state index is 11.8. The van der Waals surface area contributed by atoms with Crippen molar-refractivity contribution in [2.24, 2.45) is 0 Å². The van der Waals surface area contributed by atoms with Crippen LogP contribution in [0.5, 0.6) is 0 Å². The molecule has 0 amide bonds. The van der Waals surface area contributed by atoms with Crippen LogP contribution in [0, 0.1) is 0 Å². The van der Waals surface area contributed by atoms with Crippen LogP contribution in [0.15, 0.2) is 60.7 Å². The van der Waals surface area contributed by atoms with Gasteiger partial charge in [-0.3, -0.25) is 4.79 Å². The minimum absolute atomic E-state index is 0.0985. The van der Waals surface area contributed by atoms with Crippen molar-refractivity contribution in [1.82, 2.24) is 0 Å². The highest BCUT2D eigenvalue weighted by atomic mass is 28.4. The van der Waals surface area contributed by atoms with Crippen molar-refractivity contribution in [2.75, 3.05) is 6.61 Å². The minimum atomic E-state index is -2.72. The zero-order valence-electron chi connectivity index (χ0n) is 17.6. The number of carbonyl (C=O) groups is 1. The van der Waals surface area contributed by atoms with Crippen molar-refractivity contribution < 1.29 is 19.1 Å². The van der Waals surface area contributed by atoms with E-state index in [1.807, 2.05) is 12.1 Å². The molecule has 3 rings (SSSR count). The Labute approximate surface area is 175 Å². The van der Waals surface area contributed by atoms with Gasteiger partial charge in [-0.15, -0.1) is 0 Å². The number of esters is 1. The summed E-state index contributed by atoms with van der Waals surface area (Å²) in [6, 6.07) is 20.9. The number of hydrogen-bond donors (Lipinski definition) is 1. The molecule has 0 aromatic heterocycles. The topological polar surface area (TPSA) is 55.8 Å². The van der Waals surface area contributed by atoms with Crippen molar-refractivity contribution in [3.05, 3.63) is 60.7 Å². The Bertz CT molecular complexity index is 746. The minimum Gasteiger partial charge on any atom is -0.460 e. The lowest BCUT2D eigenvalue weighted by molar-refractivity contribution is -0.145. The molecule has 5 heteroatoms. The summed E-state index contributed by atoms with van der Waals surface area (Å²) in [5.41, 5.74) is 0. The lowest BCUT2D eigenvalue weighted by Crippen LogP contribution is -2.68. The van der Waals surface area contributed by atoms with Crippen LogP contribution in [0.3, 0.4) is 0 Å². The summed E-state index contributed by atoms with van der Waals surface area (Å²) < 4.78 is 12.8. The molecule has 1 N–H and O–H groups in total. The predicted molar refractivity (Wildman–Crippen MR) is 118 cm³/mol. The molecule has 0 spiro atoms. The van der Waals surface area contributed by atoms with Crippen LogP contribution in [-0.2, 0) is 14.0 Å². The van der Waals surface area contributed by atoms with Crippen LogP contribution in [0.1, 0.15) is 46.5 Å². The van der Waals surface area contributed by atoms with Gasteiger partial charge in [-0.05, 0) is 34.7 Å². The highest BCUT2D eigenvalue weighted by Crippen LogP contribution is 2.39. The molecule has 0 bridgehead atoms. The largest absolute Gasteiger partial charge is 0.460 e. The van der Waals surface area contributed by atoms with E-state index in [0.717, 1.165) is 0 Å². The van der Waals surface area contributed by atoms with Crippen LogP contribution in [0.2, 0.25) is 5.04 Å². The summed E-state index contributed by atoms with van der Waals surface area (Å²) in [5, 5.41) is 11.7. The molecule has 0 saturated carbocycles. The molecule has 2 aromatic rings. The molecule has 2 atom stereocenters. The van der Waals surface area contributed by atoms with E-state index in [-0.39, 0.29) is 29.8 Å². The molecule has 1 aliphatic heterocycles. The summed E-state index contributed by atoms with van der Waals surface area (Å²) in [6.45, 7) is 6.82. The summed E-state index contributed by atoms with van der Waals surface area (Å²) in [7, 11) is -2.72. The van der Waals surface area contributed by atoms with Gasteiger partial charge in [0.25, 0.3) is 8.32 Å². The Morgan fingerprint density at radius 1 is 1.07 bits per heavy atom.